The smallest absolute Gasteiger partial charge is 0.239 e. The summed E-state index contributed by atoms with van der Waals surface area (Å²) in [6, 6.07) is 15.2. The van der Waals surface area contributed by atoms with Crippen LogP contribution in [-0.2, 0) is 9.59 Å². The van der Waals surface area contributed by atoms with Gasteiger partial charge in [-0.3, -0.25) is 9.59 Å². The molecular weight excluding hydrogens is 330 g/mol. The third kappa shape index (κ3) is 5.60. The SMILES string of the molecule is Cc1cccc(C)c1OCC(NC(=O)CNC(=O)CN)c1ccccc1. The molecule has 0 fully saturated rings. The molecule has 0 saturated carbocycles. The van der Waals surface area contributed by atoms with Crippen LogP contribution in [0.15, 0.2) is 48.5 Å². The lowest BCUT2D eigenvalue weighted by atomic mass is 10.1. The predicted molar refractivity (Wildman–Crippen MR) is 101 cm³/mol. The maximum Gasteiger partial charge on any atom is 0.239 e. The lowest BCUT2D eigenvalue weighted by molar-refractivity contribution is -0.125. The summed E-state index contributed by atoms with van der Waals surface area (Å²) in [4.78, 5) is 23.4. The van der Waals surface area contributed by atoms with Crippen molar-refractivity contribution in [3.8, 4) is 5.75 Å². The second-order valence-corrected chi connectivity index (χ2v) is 6.04. The number of hydrogen-bond acceptors (Lipinski definition) is 4. The van der Waals surface area contributed by atoms with Gasteiger partial charge in [0.2, 0.25) is 11.8 Å². The molecule has 26 heavy (non-hydrogen) atoms. The van der Waals surface area contributed by atoms with Crippen molar-refractivity contribution >= 4 is 11.8 Å². The summed E-state index contributed by atoms with van der Waals surface area (Å²) in [5, 5.41) is 5.37. The summed E-state index contributed by atoms with van der Waals surface area (Å²) in [5.74, 6) is 0.146. The number of ether oxygens (including phenoxy) is 1. The molecule has 4 N–H and O–H groups in total. The van der Waals surface area contributed by atoms with E-state index in [1.54, 1.807) is 0 Å². The van der Waals surface area contributed by atoms with Gasteiger partial charge < -0.3 is 21.1 Å². The average molecular weight is 355 g/mol. The zero-order chi connectivity index (χ0) is 18.9. The van der Waals surface area contributed by atoms with E-state index in [2.05, 4.69) is 10.6 Å². The van der Waals surface area contributed by atoms with Crippen LogP contribution in [0.1, 0.15) is 22.7 Å². The minimum atomic E-state index is -0.372. The molecule has 0 aliphatic heterocycles. The van der Waals surface area contributed by atoms with Gasteiger partial charge in [0, 0.05) is 0 Å². The first-order valence-corrected chi connectivity index (χ1v) is 8.51. The maximum atomic E-state index is 12.2. The zero-order valence-corrected chi connectivity index (χ0v) is 15.1. The Bertz CT molecular complexity index is 727. The monoisotopic (exact) mass is 355 g/mol. The molecule has 1 atom stereocenters. The Morgan fingerprint density at radius 1 is 1.00 bits per heavy atom. The number of amides is 2. The summed E-state index contributed by atoms with van der Waals surface area (Å²) >= 11 is 0. The molecule has 1 unspecified atom stereocenters. The molecule has 6 heteroatoms. The minimum absolute atomic E-state index is 0.122. The van der Waals surface area contributed by atoms with Gasteiger partial charge in [-0.15, -0.1) is 0 Å². The Morgan fingerprint density at radius 2 is 1.65 bits per heavy atom. The van der Waals surface area contributed by atoms with Crippen molar-refractivity contribution in [1.29, 1.82) is 0 Å². The van der Waals surface area contributed by atoms with E-state index in [1.165, 1.54) is 0 Å². The van der Waals surface area contributed by atoms with Crippen LogP contribution in [0, 0.1) is 13.8 Å². The standard InChI is InChI=1S/C20H25N3O3/c1-14-7-6-8-15(2)20(14)26-13-17(16-9-4-3-5-10-16)23-19(25)12-22-18(24)11-21/h3-10,17H,11-13,21H2,1-2H3,(H,22,24)(H,23,25). The predicted octanol–water partition coefficient (Wildman–Crippen LogP) is 1.61. The van der Waals surface area contributed by atoms with Gasteiger partial charge in [0.25, 0.3) is 0 Å². The molecule has 2 amide bonds. The van der Waals surface area contributed by atoms with Crippen molar-refractivity contribution in [3.63, 3.8) is 0 Å². The second kappa shape index (κ2) is 9.58. The quantitative estimate of drug-likeness (QED) is 0.671. The molecule has 0 saturated heterocycles. The van der Waals surface area contributed by atoms with Crippen LogP contribution in [0.2, 0.25) is 0 Å². The Balaban J connectivity index is 2.07. The largest absolute Gasteiger partial charge is 0.491 e. The van der Waals surface area contributed by atoms with Gasteiger partial charge in [-0.1, -0.05) is 48.5 Å². The Labute approximate surface area is 153 Å². The van der Waals surface area contributed by atoms with Gasteiger partial charge in [0.05, 0.1) is 19.1 Å². The summed E-state index contributed by atoms with van der Waals surface area (Å²) in [7, 11) is 0. The fraction of sp³-hybridized carbons (Fsp3) is 0.300. The molecule has 2 rings (SSSR count). The van der Waals surface area contributed by atoms with Crippen molar-refractivity contribution in [2.75, 3.05) is 19.7 Å². The summed E-state index contributed by atoms with van der Waals surface area (Å²) in [5.41, 5.74) is 8.24. The topological polar surface area (TPSA) is 93.5 Å². The van der Waals surface area contributed by atoms with Gasteiger partial charge in [-0.2, -0.15) is 0 Å². The van der Waals surface area contributed by atoms with E-state index in [4.69, 9.17) is 10.5 Å². The number of carbonyl (C=O) groups is 2. The normalized spacial score (nSPS) is 11.5. The van der Waals surface area contributed by atoms with Crippen molar-refractivity contribution in [2.45, 2.75) is 19.9 Å². The van der Waals surface area contributed by atoms with Crippen molar-refractivity contribution < 1.29 is 14.3 Å². The fourth-order valence-corrected chi connectivity index (χ4v) is 2.60. The molecule has 0 bridgehead atoms. The molecule has 2 aromatic carbocycles. The number of para-hydroxylation sites is 1. The van der Waals surface area contributed by atoms with Gasteiger partial charge in [0.1, 0.15) is 12.4 Å². The number of carbonyl (C=O) groups excluding carboxylic acids is 2. The molecule has 0 radical (unpaired) electrons. The van der Waals surface area contributed by atoms with Crippen LogP contribution in [0.4, 0.5) is 0 Å². The van der Waals surface area contributed by atoms with Crippen LogP contribution < -0.4 is 21.1 Å². The van der Waals surface area contributed by atoms with E-state index in [1.807, 2.05) is 62.4 Å². The Kier molecular flexibility index (Phi) is 7.17. The van der Waals surface area contributed by atoms with Crippen LogP contribution >= 0.6 is 0 Å². The zero-order valence-electron chi connectivity index (χ0n) is 15.1. The lowest BCUT2D eigenvalue weighted by Crippen LogP contribution is -2.41. The molecule has 0 aliphatic carbocycles. The van der Waals surface area contributed by atoms with E-state index in [9.17, 15) is 9.59 Å². The highest BCUT2D eigenvalue weighted by Gasteiger charge is 2.17. The molecule has 2 aromatic rings. The number of aryl methyl sites for hydroxylation is 2. The van der Waals surface area contributed by atoms with Crippen LogP contribution in [0.3, 0.4) is 0 Å². The number of hydrogen-bond donors (Lipinski definition) is 3. The lowest BCUT2D eigenvalue weighted by Gasteiger charge is -2.21. The summed E-state index contributed by atoms with van der Waals surface area (Å²) in [6.45, 7) is 3.99. The molecule has 0 spiro atoms. The molecule has 138 valence electrons. The van der Waals surface area contributed by atoms with Crippen LogP contribution in [0.5, 0.6) is 5.75 Å². The number of rotatable bonds is 8. The minimum Gasteiger partial charge on any atom is -0.491 e. The van der Waals surface area contributed by atoms with E-state index >= 15 is 0 Å². The first kappa shape index (κ1) is 19.5. The third-order valence-electron chi connectivity index (χ3n) is 3.97. The van der Waals surface area contributed by atoms with Crippen molar-refractivity contribution in [3.05, 3.63) is 65.2 Å². The molecule has 6 nitrogen and oxygen atoms in total. The average Bonchev–Trinajstić information content (AvgIpc) is 2.65. The van der Waals surface area contributed by atoms with Gasteiger partial charge in [-0.05, 0) is 30.5 Å². The van der Waals surface area contributed by atoms with Crippen LogP contribution in [-0.4, -0.2) is 31.5 Å². The highest BCUT2D eigenvalue weighted by molar-refractivity contribution is 5.85. The van der Waals surface area contributed by atoms with Gasteiger partial charge in [0.15, 0.2) is 0 Å². The van der Waals surface area contributed by atoms with Crippen molar-refractivity contribution in [2.24, 2.45) is 5.73 Å². The molecular formula is C20H25N3O3. The van der Waals surface area contributed by atoms with E-state index in [-0.39, 0.29) is 37.6 Å². The van der Waals surface area contributed by atoms with Gasteiger partial charge in [-0.25, -0.2) is 0 Å². The maximum absolute atomic E-state index is 12.2. The van der Waals surface area contributed by atoms with Gasteiger partial charge >= 0.3 is 0 Å². The summed E-state index contributed by atoms with van der Waals surface area (Å²) in [6.07, 6.45) is 0. The highest BCUT2D eigenvalue weighted by Crippen LogP contribution is 2.24. The van der Waals surface area contributed by atoms with Crippen LogP contribution in [0.25, 0.3) is 0 Å². The second-order valence-electron chi connectivity index (χ2n) is 6.04. The van der Waals surface area contributed by atoms with E-state index in [0.717, 1.165) is 22.4 Å². The number of nitrogens with one attached hydrogen (secondary N) is 2. The highest BCUT2D eigenvalue weighted by atomic mass is 16.5. The fourth-order valence-electron chi connectivity index (χ4n) is 2.60. The first-order valence-electron chi connectivity index (χ1n) is 8.51. The van der Waals surface area contributed by atoms with E-state index in [0.29, 0.717) is 0 Å². The molecule has 0 heterocycles. The third-order valence-corrected chi connectivity index (χ3v) is 3.97. The molecule has 0 aliphatic rings. The van der Waals surface area contributed by atoms with E-state index < -0.39 is 0 Å². The molecule has 0 aromatic heterocycles. The number of benzene rings is 2. The Morgan fingerprint density at radius 3 is 2.27 bits per heavy atom. The first-order chi connectivity index (χ1) is 12.5. The Hall–Kier alpha value is -2.86. The number of nitrogens with two attached hydrogens (primary N) is 1. The summed E-state index contributed by atoms with van der Waals surface area (Å²) < 4.78 is 6.01. The van der Waals surface area contributed by atoms with Crippen molar-refractivity contribution in [1.82, 2.24) is 10.6 Å².